The number of hydrogen-bond donors (Lipinski definition) is 4. The molecule has 1 aromatic rings. The Morgan fingerprint density at radius 3 is 1.40 bits per heavy atom. The molecule has 1 aromatic carbocycles. The van der Waals surface area contributed by atoms with Crippen LogP contribution in [0, 0.1) is 0 Å². The molecule has 0 saturated carbocycles. The minimum atomic E-state index is -0.444. The summed E-state index contributed by atoms with van der Waals surface area (Å²) in [6, 6.07) is 6.40. The molecular weight excluding hydrogens is 260 g/mol. The Balaban J connectivity index is 2.65. The summed E-state index contributed by atoms with van der Waals surface area (Å²) in [7, 11) is 0. The maximum atomic E-state index is 11.4. The van der Waals surface area contributed by atoms with Gasteiger partial charge in [0.05, 0.1) is 11.5 Å². The maximum Gasteiger partial charge on any atom is 0.251 e. The molecule has 0 saturated heterocycles. The third-order valence-corrected chi connectivity index (χ3v) is 2.10. The minimum Gasteiger partial charge on any atom is -0.512 e. The summed E-state index contributed by atoms with van der Waals surface area (Å²) in [5.74, 6) is -1.06. The van der Waals surface area contributed by atoms with E-state index in [-0.39, 0.29) is 11.5 Å². The first-order chi connectivity index (χ1) is 9.36. The summed E-state index contributed by atoms with van der Waals surface area (Å²) in [4.78, 5) is 22.7. The number of carbonyl (C=O) groups is 2. The van der Waals surface area contributed by atoms with Crippen LogP contribution in [-0.2, 0) is 9.59 Å². The van der Waals surface area contributed by atoms with Gasteiger partial charge in [0.15, 0.2) is 0 Å². The van der Waals surface area contributed by atoms with E-state index in [1.165, 1.54) is 13.8 Å². The van der Waals surface area contributed by atoms with Crippen LogP contribution < -0.4 is 10.6 Å². The van der Waals surface area contributed by atoms with Gasteiger partial charge in [0, 0.05) is 23.5 Å². The zero-order valence-corrected chi connectivity index (χ0v) is 11.2. The normalized spacial score (nSPS) is 11.9. The predicted molar refractivity (Wildman–Crippen MR) is 76.5 cm³/mol. The molecule has 6 heteroatoms. The van der Waals surface area contributed by atoms with Crippen LogP contribution in [0.2, 0.25) is 0 Å². The second-order valence-electron chi connectivity index (χ2n) is 4.13. The van der Waals surface area contributed by atoms with Crippen molar-refractivity contribution in [3.05, 3.63) is 47.9 Å². The van der Waals surface area contributed by atoms with Crippen molar-refractivity contribution in [2.24, 2.45) is 0 Å². The summed E-state index contributed by atoms with van der Waals surface area (Å²) in [5.41, 5.74) is 1.05. The first kappa shape index (κ1) is 15.3. The van der Waals surface area contributed by atoms with E-state index in [1.807, 2.05) is 0 Å². The number of hydrogen-bond acceptors (Lipinski definition) is 4. The fourth-order valence-corrected chi connectivity index (χ4v) is 1.37. The molecule has 1 rings (SSSR count). The minimum absolute atomic E-state index is 0.0856. The van der Waals surface area contributed by atoms with Crippen LogP contribution in [0.5, 0.6) is 0 Å². The van der Waals surface area contributed by atoms with E-state index < -0.39 is 11.8 Å². The molecule has 0 radical (unpaired) electrons. The Morgan fingerprint density at radius 2 is 1.15 bits per heavy atom. The number of benzene rings is 1. The Labute approximate surface area is 116 Å². The molecule has 106 valence electrons. The number of nitrogens with one attached hydrogen (secondary N) is 2. The van der Waals surface area contributed by atoms with Crippen molar-refractivity contribution in [3.63, 3.8) is 0 Å². The first-order valence-corrected chi connectivity index (χ1v) is 5.83. The van der Waals surface area contributed by atoms with E-state index in [4.69, 9.17) is 10.2 Å². The summed E-state index contributed by atoms with van der Waals surface area (Å²) in [6.07, 6.45) is 2.12. The Morgan fingerprint density at radius 1 is 0.850 bits per heavy atom. The van der Waals surface area contributed by atoms with Crippen molar-refractivity contribution in [3.8, 4) is 0 Å². The largest absolute Gasteiger partial charge is 0.512 e. The van der Waals surface area contributed by atoms with Crippen molar-refractivity contribution in [2.45, 2.75) is 13.8 Å². The number of aliphatic hydroxyl groups is 2. The van der Waals surface area contributed by atoms with Gasteiger partial charge in [-0.05, 0) is 38.1 Å². The summed E-state index contributed by atoms with van der Waals surface area (Å²) >= 11 is 0. The van der Waals surface area contributed by atoms with Crippen molar-refractivity contribution in [2.75, 3.05) is 10.6 Å². The highest BCUT2D eigenvalue weighted by molar-refractivity contribution is 6.01. The van der Waals surface area contributed by atoms with Crippen LogP contribution in [-0.4, -0.2) is 22.0 Å². The van der Waals surface area contributed by atoms with Gasteiger partial charge in [0.1, 0.15) is 0 Å². The first-order valence-electron chi connectivity index (χ1n) is 5.83. The zero-order chi connectivity index (χ0) is 15.1. The third kappa shape index (κ3) is 5.72. The average molecular weight is 276 g/mol. The topological polar surface area (TPSA) is 98.7 Å². The number of anilines is 2. The molecule has 0 aliphatic rings. The van der Waals surface area contributed by atoms with Crippen LogP contribution in [0.3, 0.4) is 0 Å². The van der Waals surface area contributed by atoms with Gasteiger partial charge in [-0.15, -0.1) is 0 Å². The van der Waals surface area contributed by atoms with Gasteiger partial charge >= 0.3 is 0 Å². The molecule has 0 aliphatic carbocycles. The average Bonchev–Trinajstić information content (AvgIpc) is 2.29. The van der Waals surface area contributed by atoms with Gasteiger partial charge in [-0.3, -0.25) is 9.59 Å². The van der Waals surface area contributed by atoms with Crippen LogP contribution in [0.1, 0.15) is 13.8 Å². The van der Waals surface area contributed by atoms with E-state index in [0.717, 1.165) is 12.2 Å². The summed E-state index contributed by atoms with van der Waals surface area (Å²) in [6.45, 7) is 2.80. The second-order valence-corrected chi connectivity index (χ2v) is 4.13. The third-order valence-electron chi connectivity index (χ3n) is 2.10. The highest BCUT2D eigenvalue weighted by Gasteiger charge is 2.02. The van der Waals surface area contributed by atoms with Crippen LogP contribution >= 0.6 is 0 Å². The van der Waals surface area contributed by atoms with Crippen LogP contribution in [0.25, 0.3) is 0 Å². The molecule has 6 nitrogen and oxygen atoms in total. The molecule has 0 atom stereocenters. The molecule has 0 bridgehead atoms. The van der Waals surface area contributed by atoms with Gasteiger partial charge in [0.2, 0.25) is 0 Å². The van der Waals surface area contributed by atoms with Crippen LogP contribution in [0.15, 0.2) is 47.9 Å². The molecule has 0 heterocycles. The number of carbonyl (C=O) groups excluding carboxylic acids is 2. The van der Waals surface area contributed by atoms with E-state index in [0.29, 0.717) is 11.4 Å². The predicted octanol–water partition coefficient (Wildman–Crippen LogP) is 2.49. The standard InChI is InChI=1S/C14H16N2O4/c1-9(17)7-13(19)15-11-3-5-12(6-4-11)16-14(20)8-10(2)18/h3-8,17-18H,1-2H3,(H,15,19)(H,16,20)/b9-7-,10-8+. The van der Waals surface area contributed by atoms with E-state index >= 15 is 0 Å². The number of amides is 2. The summed E-state index contributed by atoms with van der Waals surface area (Å²) in [5, 5.41) is 23.0. The highest BCUT2D eigenvalue weighted by atomic mass is 16.3. The van der Waals surface area contributed by atoms with Gasteiger partial charge in [-0.25, -0.2) is 0 Å². The van der Waals surface area contributed by atoms with Gasteiger partial charge < -0.3 is 20.8 Å². The number of allylic oxidation sites excluding steroid dienone is 2. The summed E-state index contributed by atoms with van der Waals surface area (Å²) < 4.78 is 0. The lowest BCUT2D eigenvalue weighted by atomic mass is 10.2. The maximum absolute atomic E-state index is 11.4. The molecule has 20 heavy (non-hydrogen) atoms. The smallest absolute Gasteiger partial charge is 0.251 e. The molecule has 0 aliphatic heterocycles. The van der Waals surface area contributed by atoms with Gasteiger partial charge in [0.25, 0.3) is 11.8 Å². The Bertz CT molecular complexity index is 500. The lowest BCUT2D eigenvalue weighted by molar-refractivity contribution is -0.112. The van der Waals surface area contributed by atoms with Crippen molar-refractivity contribution in [1.29, 1.82) is 0 Å². The van der Waals surface area contributed by atoms with Gasteiger partial charge in [-0.1, -0.05) is 0 Å². The van der Waals surface area contributed by atoms with Crippen molar-refractivity contribution < 1.29 is 19.8 Å². The number of aliphatic hydroxyl groups excluding tert-OH is 2. The second kappa shape index (κ2) is 6.98. The molecule has 0 spiro atoms. The molecular formula is C14H16N2O4. The zero-order valence-electron chi connectivity index (χ0n) is 11.2. The Kier molecular flexibility index (Phi) is 5.34. The van der Waals surface area contributed by atoms with Crippen LogP contribution in [0.4, 0.5) is 11.4 Å². The van der Waals surface area contributed by atoms with Crippen molar-refractivity contribution >= 4 is 23.2 Å². The monoisotopic (exact) mass is 276 g/mol. The molecule has 0 unspecified atom stereocenters. The molecule has 4 N–H and O–H groups in total. The molecule has 2 amide bonds. The van der Waals surface area contributed by atoms with Gasteiger partial charge in [-0.2, -0.15) is 0 Å². The lowest BCUT2D eigenvalue weighted by Crippen LogP contribution is -2.10. The van der Waals surface area contributed by atoms with E-state index in [9.17, 15) is 9.59 Å². The SMILES string of the molecule is C/C(O)=C/C(=O)Nc1ccc(NC(=O)/C=C(\C)O)cc1. The number of rotatable bonds is 4. The molecule has 0 aromatic heterocycles. The molecule has 0 fully saturated rings. The lowest BCUT2D eigenvalue weighted by Gasteiger charge is -2.05. The van der Waals surface area contributed by atoms with E-state index in [2.05, 4.69) is 10.6 Å². The van der Waals surface area contributed by atoms with Crippen molar-refractivity contribution in [1.82, 2.24) is 0 Å². The fraction of sp³-hybridized carbons (Fsp3) is 0.143. The fourth-order valence-electron chi connectivity index (χ4n) is 1.37. The Hall–Kier alpha value is -2.76. The van der Waals surface area contributed by atoms with E-state index in [1.54, 1.807) is 24.3 Å². The highest BCUT2D eigenvalue weighted by Crippen LogP contribution is 2.13. The quantitative estimate of drug-likeness (QED) is 0.501.